The van der Waals surface area contributed by atoms with Crippen molar-refractivity contribution in [2.75, 3.05) is 50.4 Å². The predicted octanol–water partition coefficient (Wildman–Crippen LogP) is 1.72. The summed E-state index contributed by atoms with van der Waals surface area (Å²) in [6, 6.07) is 5.51. The van der Waals surface area contributed by atoms with Crippen LogP contribution in [0.25, 0.3) is 0 Å². The van der Waals surface area contributed by atoms with Crippen LogP contribution >= 0.6 is 0 Å². The Morgan fingerprint density at radius 1 is 1.37 bits per heavy atom. The number of aliphatic hydroxyl groups is 1. The molecule has 7 nitrogen and oxygen atoms in total. The summed E-state index contributed by atoms with van der Waals surface area (Å²) in [6.45, 7) is 8.19. The fourth-order valence-corrected chi connectivity index (χ4v) is 4.12. The monoisotopic (exact) mass is 400 g/mol. The van der Waals surface area contributed by atoms with Crippen molar-refractivity contribution in [2.45, 2.75) is 33.3 Å². The van der Waals surface area contributed by atoms with Crippen molar-refractivity contribution in [1.29, 1.82) is 0 Å². The Labute approximate surface area is 162 Å². The topological polar surface area (TPSA) is 88.1 Å². The van der Waals surface area contributed by atoms with Gasteiger partial charge in [-0.1, -0.05) is 26.8 Å². The first-order chi connectivity index (χ1) is 12.6. The highest BCUT2D eigenvalue weighted by molar-refractivity contribution is 7.92. The molecule has 0 amide bonds. The second-order valence-electron chi connectivity index (χ2n) is 8.25. The lowest BCUT2D eigenvalue weighted by Crippen LogP contribution is -2.40. The van der Waals surface area contributed by atoms with Gasteiger partial charge in [0.15, 0.2) is 0 Å². The number of hydrogen-bond donors (Lipinski definition) is 2. The standard InChI is InChI=1S/C19H32N2O5S/c1-19(2,3)12-15-5-6-17-18(11-15)26-14-16(22)13-21(7-9-25-4)8-10-27(23,24)20-17/h5-6,11,16,20,22H,7-10,12-14H2,1-4H3. The van der Waals surface area contributed by atoms with Crippen LogP contribution in [0.15, 0.2) is 18.2 Å². The molecule has 0 saturated heterocycles. The van der Waals surface area contributed by atoms with E-state index in [0.717, 1.165) is 12.0 Å². The Kier molecular flexibility index (Phi) is 7.50. The molecule has 154 valence electrons. The number of fused-ring (bicyclic) bond motifs is 1. The fraction of sp³-hybridized carbons (Fsp3) is 0.684. The summed E-state index contributed by atoms with van der Waals surface area (Å²) in [7, 11) is -1.94. The van der Waals surface area contributed by atoms with Crippen molar-refractivity contribution in [1.82, 2.24) is 4.90 Å². The van der Waals surface area contributed by atoms with Gasteiger partial charge in [-0.2, -0.15) is 0 Å². The van der Waals surface area contributed by atoms with Crippen molar-refractivity contribution in [3.63, 3.8) is 0 Å². The molecule has 1 aliphatic heterocycles. The third-order valence-corrected chi connectivity index (χ3v) is 5.48. The molecule has 0 bridgehead atoms. The lowest BCUT2D eigenvalue weighted by Gasteiger charge is -2.24. The summed E-state index contributed by atoms with van der Waals surface area (Å²) in [5.41, 5.74) is 1.57. The van der Waals surface area contributed by atoms with Gasteiger partial charge in [-0.15, -0.1) is 0 Å². The van der Waals surface area contributed by atoms with E-state index in [9.17, 15) is 13.5 Å². The molecule has 0 radical (unpaired) electrons. The number of hydrogen-bond acceptors (Lipinski definition) is 6. The first-order valence-electron chi connectivity index (χ1n) is 9.23. The summed E-state index contributed by atoms with van der Waals surface area (Å²) >= 11 is 0. The van der Waals surface area contributed by atoms with Crippen LogP contribution in [0.5, 0.6) is 5.75 Å². The van der Waals surface area contributed by atoms with E-state index in [2.05, 4.69) is 25.5 Å². The summed E-state index contributed by atoms with van der Waals surface area (Å²) in [5, 5.41) is 10.3. The summed E-state index contributed by atoms with van der Waals surface area (Å²) in [5.74, 6) is 0.386. The highest BCUT2D eigenvalue weighted by Gasteiger charge is 2.21. The number of aliphatic hydroxyl groups excluding tert-OH is 1. The van der Waals surface area contributed by atoms with Gasteiger partial charge >= 0.3 is 0 Å². The zero-order valence-electron chi connectivity index (χ0n) is 16.7. The molecule has 0 aliphatic carbocycles. The normalized spacial score (nSPS) is 21.4. The van der Waals surface area contributed by atoms with Crippen molar-refractivity contribution >= 4 is 15.7 Å². The van der Waals surface area contributed by atoms with E-state index in [-0.39, 0.29) is 17.8 Å². The van der Waals surface area contributed by atoms with Crippen LogP contribution in [-0.4, -0.2) is 70.2 Å². The van der Waals surface area contributed by atoms with Crippen LogP contribution in [0.3, 0.4) is 0 Å². The van der Waals surface area contributed by atoms with Crippen LogP contribution in [0.2, 0.25) is 0 Å². The average Bonchev–Trinajstić information content (AvgIpc) is 2.57. The Morgan fingerprint density at radius 3 is 2.78 bits per heavy atom. The Balaban J connectivity index is 2.25. The third-order valence-electron chi connectivity index (χ3n) is 4.23. The maximum Gasteiger partial charge on any atom is 0.234 e. The van der Waals surface area contributed by atoms with Crippen LogP contribution in [0.1, 0.15) is 26.3 Å². The molecule has 8 heteroatoms. The minimum atomic E-state index is -3.53. The number of sulfonamides is 1. The van der Waals surface area contributed by atoms with Crippen molar-refractivity contribution < 1.29 is 23.0 Å². The number of anilines is 1. The van der Waals surface area contributed by atoms with Crippen LogP contribution < -0.4 is 9.46 Å². The molecule has 2 rings (SSSR count). The van der Waals surface area contributed by atoms with Gasteiger partial charge in [-0.05, 0) is 29.5 Å². The maximum absolute atomic E-state index is 12.5. The van der Waals surface area contributed by atoms with Gasteiger partial charge in [-0.3, -0.25) is 9.62 Å². The molecule has 0 aromatic heterocycles. The second-order valence-corrected chi connectivity index (χ2v) is 10.1. The second kappa shape index (κ2) is 9.23. The number of β-amino-alcohol motifs (C(OH)–C–C–N with tert-alkyl or cyclic N) is 1. The van der Waals surface area contributed by atoms with E-state index < -0.39 is 16.1 Å². The van der Waals surface area contributed by atoms with E-state index >= 15 is 0 Å². The molecular weight excluding hydrogens is 368 g/mol. The molecule has 1 heterocycles. The number of methoxy groups -OCH3 is 1. The van der Waals surface area contributed by atoms with Crippen LogP contribution in [-0.2, 0) is 21.2 Å². The molecule has 1 aliphatic rings. The van der Waals surface area contributed by atoms with E-state index in [1.54, 1.807) is 13.2 Å². The number of nitrogens with one attached hydrogen (secondary N) is 1. The van der Waals surface area contributed by atoms with Gasteiger partial charge in [0, 0.05) is 26.7 Å². The number of rotatable bonds is 4. The zero-order valence-corrected chi connectivity index (χ0v) is 17.5. The van der Waals surface area contributed by atoms with Gasteiger partial charge in [0.2, 0.25) is 10.0 Å². The third kappa shape index (κ3) is 7.65. The smallest absolute Gasteiger partial charge is 0.234 e. The fourth-order valence-electron chi connectivity index (χ4n) is 3.01. The Hall–Kier alpha value is -1.35. The minimum Gasteiger partial charge on any atom is -0.489 e. The summed E-state index contributed by atoms with van der Waals surface area (Å²) in [6.07, 6.45) is 0.116. The molecule has 1 aromatic carbocycles. The number of ether oxygens (including phenoxy) is 2. The molecule has 0 spiro atoms. The van der Waals surface area contributed by atoms with E-state index in [4.69, 9.17) is 9.47 Å². The van der Waals surface area contributed by atoms with E-state index in [1.807, 2.05) is 17.0 Å². The maximum atomic E-state index is 12.5. The van der Waals surface area contributed by atoms with Crippen LogP contribution in [0, 0.1) is 5.41 Å². The Bertz CT molecular complexity index is 715. The van der Waals surface area contributed by atoms with Gasteiger partial charge in [-0.25, -0.2) is 8.42 Å². The predicted molar refractivity (Wildman–Crippen MR) is 107 cm³/mol. The SMILES string of the molecule is COCCN1CCS(=O)(=O)Nc2ccc(CC(C)(C)C)cc2OCC(O)C1. The summed E-state index contributed by atoms with van der Waals surface area (Å²) in [4.78, 5) is 1.87. The molecular formula is C19H32N2O5S. The Morgan fingerprint density at radius 2 is 2.11 bits per heavy atom. The van der Waals surface area contributed by atoms with Gasteiger partial charge in [0.25, 0.3) is 0 Å². The number of nitrogens with zero attached hydrogens (tertiary/aromatic N) is 1. The molecule has 0 saturated carbocycles. The highest BCUT2D eigenvalue weighted by atomic mass is 32.2. The first-order valence-corrected chi connectivity index (χ1v) is 10.9. The molecule has 1 atom stereocenters. The lowest BCUT2D eigenvalue weighted by molar-refractivity contribution is 0.0598. The van der Waals surface area contributed by atoms with Gasteiger partial charge in [0.1, 0.15) is 18.5 Å². The largest absolute Gasteiger partial charge is 0.489 e. The quantitative estimate of drug-likeness (QED) is 0.800. The molecule has 1 aromatic rings. The molecule has 0 fully saturated rings. The summed E-state index contributed by atoms with van der Waals surface area (Å²) < 4.78 is 38.5. The highest BCUT2D eigenvalue weighted by Crippen LogP contribution is 2.30. The molecule has 2 N–H and O–H groups in total. The molecule has 1 unspecified atom stereocenters. The van der Waals surface area contributed by atoms with Gasteiger partial charge < -0.3 is 14.6 Å². The lowest BCUT2D eigenvalue weighted by atomic mass is 9.88. The molecule has 27 heavy (non-hydrogen) atoms. The average molecular weight is 401 g/mol. The van der Waals surface area contributed by atoms with Crippen molar-refractivity contribution in [3.8, 4) is 5.75 Å². The van der Waals surface area contributed by atoms with E-state index in [0.29, 0.717) is 37.7 Å². The first kappa shape index (κ1) is 21.9. The minimum absolute atomic E-state index is 0.0629. The zero-order chi connectivity index (χ0) is 20.1. The van der Waals surface area contributed by atoms with Crippen molar-refractivity contribution in [3.05, 3.63) is 23.8 Å². The van der Waals surface area contributed by atoms with Crippen molar-refractivity contribution in [2.24, 2.45) is 5.41 Å². The van der Waals surface area contributed by atoms with Crippen LogP contribution in [0.4, 0.5) is 5.69 Å². The van der Waals surface area contributed by atoms with E-state index in [1.165, 1.54) is 0 Å². The van der Waals surface area contributed by atoms with Gasteiger partial charge in [0.05, 0.1) is 18.0 Å². The number of benzene rings is 1.